The molecule has 1 unspecified atom stereocenters. The van der Waals surface area contributed by atoms with Crippen molar-refractivity contribution >= 4 is 17.4 Å². The first kappa shape index (κ1) is 15.3. The lowest BCUT2D eigenvalue weighted by Crippen LogP contribution is -2.55. The number of hydrogen-bond donors (Lipinski definition) is 1. The summed E-state index contributed by atoms with van der Waals surface area (Å²) in [5.74, 6) is -0.229. The molecule has 2 aromatic rings. The maximum atomic E-state index is 13.9. The molecule has 1 saturated heterocycles. The summed E-state index contributed by atoms with van der Waals surface area (Å²) in [7, 11) is 0. The van der Waals surface area contributed by atoms with Crippen molar-refractivity contribution in [2.75, 3.05) is 29.9 Å². The molecule has 2 amide bonds. The average molecular weight is 314 g/mol. The highest BCUT2D eigenvalue weighted by Crippen LogP contribution is 2.23. The minimum Gasteiger partial charge on any atom is -0.363 e. The average Bonchev–Trinajstić information content (AvgIpc) is 2.56. The Bertz CT molecular complexity index is 679. The molecule has 1 N–H and O–H groups in total. The van der Waals surface area contributed by atoms with Gasteiger partial charge in [-0.1, -0.05) is 12.1 Å². The number of para-hydroxylation sites is 1. The van der Waals surface area contributed by atoms with E-state index in [1.165, 1.54) is 6.07 Å². The molecular weight excluding hydrogens is 295 g/mol. The zero-order chi connectivity index (χ0) is 16.2. The first-order valence-corrected chi connectivity index (χ1v) is 7.62. The highest BCUT2D eigenvalue weighted by atomic mass is 19.1. The van der Waals surface area contributed by atoms with E-state index in [0.717, 1.165) is 0 Å². The highest BCUT2D eigenvalue weighted by Gasteiger charge is 2.28. The van der Waals surface area contributed by atoms with Crippen molar-refractivity contribution in [1.82, 2.24) is 9.88 Å². The van der Waals surface area contributed by atoms with Crippen LogP contribution in [0.3, 0.4) is 0 Å². The Labute approximate surface area is 134 Å². The second-order valence-corrected chi connectivity index (χ2v) is 5.61. The summed E-state index contributed by atoms with van der Waals surface area (Å²) in [6, 6.07) is 10.2. The van der Waals surface area contributed by atoms with Gasteiger partial charge in [-0.15, -0.1) is 0 Å². The normalized spacial score (nSPS) is 17.9. The topological polar surface area (TPSA) is 48.5 Å². The number of rotatable bonds is 2. The molecule has 0 saturated carbocycles. The van der Waals surface area contributed by atoms with Crippen molar-refractivity contribution in [3.8, 4) is 0 Å². The van der Waals surface area contributed by atoms with Gasteiger partial charge in [0.25, 0.3) is 0 Å². The Hall–Kier alpha value is -2.63. The van der Waals surface area contributed by atoms with Crippen LogP contribution >= 0.6 is 0 Å². The number of aromatic nitrogens is 1. The summed E-state index contributed by atoms with van der Waals surface area (Å²) < 4.78 is 13.9. The summed E-state index contributed by atoms with van der Waals surface area (Å²) in [5.41, 5.74) is 1.26. The number of halogens is 1. The van der Waals surface area contributed by atoms with Gasteiger partial charge < -0.3 is 15.1 Å². The van der Waals surface area contributed by atoms with Crippen LogP contribution in [0.1, 0.15) is 6.92 Å². The molecule has 5 nitrogen and oxygen atoms in total. The lowest BCUT2D eigenvalue weighted by atomic mass is 10.1. The van der Waals surface area contributed by atoms with Crippen LogP contribution in [0.2, 0.25) is 0 Å². The number of urea groups is 1. The zero-order valence-electron chi connectivity index (χ0n) is 12.9. The second-order valence-electron chi connectivity index (χ2n) is 5.61. The molecule has 1 fully saturated rings. The summed E-state index contributed by atoms with van der Waals surface area (Å²) in [6.45, 7) is 3.68. The molecule has 0 aliphatic carbocycles. The van der Waals surface area contributed by atoms with Crippen molar-refractivity contribution in [3.63, 3.8) is 0 Å². The van der Waals surface area contributed by atoms with Gasteiger partial charge >= 0.3 is 6.03 Å². The molecule has 0 bridgehead atoms. The number of carbonyl (C=O) groups is 1. The van der Waals surface area contributed by atoms with E-state index in [9.17, 15) is 9.18 Å². The quantitative estimate of drug-likeness (QED) is 0.927. The van der Waals surface area contributed by atoms with Crippen LogP contribution in [0.5, 0.6) is 0 Å². The van der Waals surface area contributed by atoms with E-state index >= 15 is 0 Å². The predicted octanol–water partition coefficient (Wildman–Crippen LogP) is 2.96. The van der Waals surface area contributed by atoms with Crippen LogP contribution in [-0.4, -0.2) is 41.6 Å². The Morgan fingerprint density at radius 1 is 1.26 bits per heavy atom. The standard InChI is InChI=1S/C17H19FN4O/c1-13-12-21(17(23)20-14-5-4-8-19-11-14)9-10-22(13)16-7-3-2-6-15(16)18/h2-8,11,13H,9-10,12H2,1H3,(H,20,23). The number of piperazine rings is 1. The molecule has 1 aliphatic rings. The monoisotopic (exact) mass is 314 g/mol. The van der Waals surface area contributed by atoms with Gasteiger partial charge in [-0.25, -0.2) is 9.18 Å². The number of carbonyl (C=O) groups excluding carboxylic acids is 1. The van der Waals surface area contributed by atoms with Crippen molar-refractivity contribution in [2.45, 2.75) is 13.0 Å². The fourth-order valence-corrected chi connectivity index (χ4v) is 2.82. The van der Waals surface area contributed by atoms with E-state index in [4.69, 9.17) is 0 Å². The van der Waals surface area contributed by atoms with E-state index in [1.807, 2.05) is 17.9 Å². The maximum absolute atomic E-state index is 13.9. The third-order valence-corrected chi connectivity index (χ3v) is 3.99. The lowest BCUT2D eigenvalue weighted by Gasteiger charge is -2.41. The van der Waals surface area contributed by atoms with Gasteiger partial charge in [0.05, 0.1) is 17.6 Å². The van der Waals surface area contributed by atoms with Crippen LogP contribution in [0.15, 0.2) is 48.8 Å². The van der Waals surface area contributed by atoms with Crippen LogP contribution in [0.4, 0.5) is 20.6 Å². The smallest absolute Gasteiger partial charge is 0.322 e. The second kappa shape index (κ2) is 6.64. The first-order valence-electron chi connectivity index (χ1n) is 7.62. The van der Waals surface area contributed by atoms with E-state index < -0.39 is 0 Å². The number of benzene rings is 1. The predicted molar refractivity (Wildman–Crippen MR) is 88.0 cm³/mol. The molecule has 1 aliphatic heterocycles. The number of amides is 2. The third kappa shape index (κ3) is 3.41. The molecule has 1 aromatic heterocycles. The fraction of sp³-hybridized carbons (Fsp3) is 0.294. The SMILES string of the molecule is CC1CN(C(=O)Nc2cccnc2)CCN1c1ccccc1F. The molecule has 1 aromatic carbocycles. The van der Waals surface area contributed by atoms with Crippen LogP contribution in [0.25, 0.3) is 0 Å². The first-order chi connectivity index (χ1) is 11.1. The molecule has 120 valence electrons. The molecular formula is C17H19FN4O. The van der Waals surface area contributed by atoms with Gasteiger partial charge in [0, 0.05) is 31.9 Å². The Morgan fingerprint density at radius 3 is 2.78 bits per heavy atom. The van der Waals surface area contributed by atoms with Crippen molar-refractivity contribution in [3.05, 3.63) is 54.6 Å². The van der Waals surface area contributed by atoms with Crippen molar-refractivity contribution in [1.29, 1.82) is 0 Å². The van der Waals surface area contributed by atoms with Gasteiger partial charge in [-0.3, -0.25) is 4.98 Å². The van der Waals surface area contributed by atoms with Crippen molar-refractivity contribution < 1.29 is 9.18 Å². The van der Waals surface area contributed by atoms with E-state index in [0.29, 0.717) is 31.0 Å². The Kier molecular flexibility index (Phi) is 4.41. The van der Waals surface area contributed by atoms with Crippen molar-refractivity contribution in [2.24, 2.45) is 0 Å². The Balaban J connectivity index is 1.64. The molecule has 3 rings (SSSR count). The van der Waals surface area contributed by atoms with Crippen LogP contribution in [0, 0.1) is 5.82 Å². The molecule has 0 radical (unpaired) electrons. The molecule has 0 spiro atoms. The number of pyridine rings is 1. The largest absolute Gasteiger partial charge is 0.363 e. The molecule has 2 heterocycles. The zero-order valence-corrected chi connectivity index (χ0v) is 12.9. The molecule has 23 heavy (non-hydrogen) atoms. The molecule has 1 atom stereocenters. The minimum absolute atomic E-state index is 0.0419. The van der Waals surface area contributed by atoms with E-state index in [1.54, 1.807) is 41.6 Å². The summed E-state index contributed by atoms with van der Waals surface area (Å²) in [6.07, 6.45) is 3.27. The highest BCUT2D eigenvalue weighted by molar-refractivity contribution is 5.89. The summed E-state index contributed by atoms with van der Waals surface area (Å²) in [5, 5.41) is 2.83. The van der Waals surface area contributed by atoms with Gasteiger partial charge in [0.15, 0.2) is 0 Å². The number of nitrogens with one attached hydrogen (secondary N) is 1. The summed E-state index contributed by atoms with van der Waals surface area (Å²) in [4.78, 5) is 20.0. The fourth-order valence-electron chi connectivity index (χ4n) is 2.82. The number of nitrogens with zero attached hydrogens (tertiary/aromatic N) is 3. The van der Waals surface area contributed by atoms with Gasteiger partial charge in [-0.05, 0) is 31.2 Å². The Morgan fingerprint density at radius 2 is 2.09 bits per heavy atom. The minimum atomic E-state index is -0.229. The van der Waals surface area contributed by atoms with Crippen LogP contribution in [-0.2, 0) is 0 Å². The number of anilines is 2. The number of hydrogen-bond acceptors (Lipinski definition) is 3. The van der Waals surface area contributed by atoms with Gasteiger partial charge in [0.1, 0.15) is 5.82 Å². The van der Waals surface area contributed by atoms with Crippen LogP contribution < -0.4 is 10.2 Å². The van der Waals surface area contributed by atoms with E-state index in [2.05, 4.69) is 10.3 Å². The van der Waals surface area contributed by atoms with E-state index in [-0.39, 0.29) is 17.9 Å². The maximum Gasteiger partial charge on any atom is 0.322 e. The van der Waals surface area contributed by atoms with Gasteiger partial charge in [0.2, 0.25) is 0 Å². The summed E-state index contributed by atoms with van der Waals surface area (Å²) >= 11 is 0. The van der Waals surface area contributed by atoms with Gasteiger partial charge in [-0.2, -0.15) is 0 Å². The third-order valence-electron chi connectivity index (χ3n) is 3.99. The molecule has 6 heteroatoms. The lowest BCUT2D eigenvalue weighted by molar-refractivity contribution is 0.200.